The molecule has 0 heteroatoms. The van der Waals surface area contributed by atoms with Crippen molar-refractivity contribution in [3.63, 3.8) is 0 Å². The fourth-order valence-electron chi connectivity index (χ4n) is 4.08. The van der Waals surface area contributed by atoms with E-state index in [0.717, 1.165) is 5.92 Å². The SMILES string of the molecule is CC1CCC(c2cc(-c3ccccc3)cc(-c3ccccc3)c2)CC1. The topological polar surface area (TPSA) is 0 Å². The van der Waals surface area contributed by atoms with Crippen molar-refractivity contribution >= 4 is 0 Å². The molecule has 1 aliphatic rings. The maximum absolute atomic E-state index is 2.43. The van der Waals surface area contributed by atoms with Gasteiger partial charge >= 0.3 is 0 Å². The van der Waals surface area contributed by atoms with Crippen molar-refractivity contribution < 1.29 is 0 Å². The fraction of sp³-hybridized carbons (Fsp3) is 0.280. The average molecular weight is 326 g/mol. The van der Waals surface area contributed by atoms with Crippen LogP contribution in [0.25, 0.3) is 22.3 Å². The summed E-state index contributed by atoms with van der Waals surface area (Å²) in [5, 5.41) is 0. The third-order valence-corrected chi connectivity index (χ3v) is 5.66. The van der Waals surface area contributed by atoms with Crippen LogP contribution in [-0.2, 0) is 0 Å². The van der Waals surface area contributed by atoms with Gasteiger partial charge in [0.1, 0.15) is 0 Å². The first-order chi connectivity index (χ1) is 12.3. The molecule has 0 atom stereocenters. The Hall–Kier alpha value is -2.34. The maximum atomic E-state index is 2.43. The summed E-state index contributed by atoms with van der Waals surface area (Å²) in [6, 6.07) is 28.8. The molecule has 1 fully saturated rings. The molecule has 0 amide bonds. The van der Waals surface area contributed by atoms with Gasteiger partial charge in [0.2, 0.25) is 0 Å². The molecule has 126 valence electrons. The van der Waals surface area contributed by atoms with Crippen molar-refractivity contribution in [3.8, 4) is 22.3 Å². The Labute approximate surface area is 151 Å². The lowest BCUT2D eigenvalue weighted by molar-refractivity contribution is 0.348. The lowest BCUT2D eigenvalue weighted by Crippen LogP contribution is -2.11. The molecule has 3 aromatic carbocycles. The molecular weight excluding hydrogens is 300 g/mol. The highest BCUT2D eigenvalue weighted by Crippen LogP contribution is 2.39. The Balaban J connectivity index is 1.78. The van der Waals surface area contributed by atoms with Gasteiger partial charge in [0.25, 0.3) is 0 Å². The summed E-state index contributed by atoms with van der Waals surface area (Å²) >= 11 is 0. The molecule has 0 aromatic heterocycles. The van der Waals surface area contributed by atoms with E-state index in [1.165, 1.54) is 53.5 Å². The van der Waals surface area contributed by atoms with Crippen LogP contribution in [0.15, 0.2) is 78.9 Å². The van der Waals surface area contributed by atoms with Crippen molar-refractivity contribution in [2.45, 2.75) is 38.5 Å². The zero-order valence-corrected chi connectivity index (χ0v) is 15.0. The summed E-state index contributed by atoms with van der Waals surface area (Å²) in [6.07, 6.45) is 5.38. The zero-order valence-electron chi connectivity index (χ0n) is 15.0. The predicted octanol–water partition coefficient (Wildman–Crippen LogP) is 7.31. The second kappa shape index (κ2) is 7.27. The molecule has 0 bridgehead atoms. The third kappa shape index (κ3) is 3.69. The first-order valence-corrected chi connectivity index (χ1v) is 9.55. The van der Waals surface area contributed by atoms with Crippen LogP contribution in [0.5, 0.6) is 0 Å². The van der Waals surface area contributed by atoms with E-state index in [-0.39, 0.29) is 0 Å². The van der Waals surface area contributed by atoms with Crippen LogP contribution in [0.1, 0.15) is 44.1 Å². The van der Waals surface area contributed by atoms with Crippen LogP contribution in [0.4, 0.5) is 0 Å². The van der Waals surface area contributed by atoms with Crippen LogP contribution in [0.2, 0.25) is 0 Å². The van der Waals surface area contributed by atoms with Crippen LogP contribution in [0.3, 0.4) is 0 Å². The largest absolute Gasteiger partial charge is 0.0625 e. The van der Waals surface area contributed by atoms with Crippen molar-refractivity contribution in [3.05, 3.63) is 84.4 Å². The second-order valence-electron chi connectivity index (χ2n) is 7.53. The van der Waals surface area contributed by atoms with E-state index >= 15 is 0 Å². The van der Waals surface area contributed by atoms with E-state index in [2.05, 4.69) is 85.8 Å². The Kier molecular flexibility index (Phi) is 4.70. The van der Waals surface area contributed by atoms with Crippen LogP contribution < -0.4 is 0 Å². The number of hydrogen-bond acceptors (Lipinski definition) is 0. The molecule has 3 aromatic rings. The minimum absolute atomic E-state index is 0.710. The van der Waals surface area contributed by atoms with E-state index in [9.17, 15) is 0 Å². The van der Waals surface area contributed by atoms with Crippen LogP contribution in [0, 0.1) is 5.92 Å². The number of benzene rings is 3. The smallest absolute Gasteiger partial charge is 0.0161 e. The van der Waals surface area contributed by atoms with Crippen molar-refractivity contribution in [2.75, 3.05) is 0 Å². The van der Waals surface area contributed by atoms with Crippen molar-refractivity contribution in [1.29, 1.82) is 0 Å². The van der Waals surface area contributed by atoms with Gasteiger partial charge in [-0.05, 0) is 58.6 Å². The van der Waals surface area contributed by atoms with Gasteiger partial charge in [0, 0.05) is 0 Å². The average Bonchev–Trinajstić information content (AvgIpc) is 2.69. The fourth-order valence-corrected chi connectivity index (χ4v) is 4.08. The highest BCUT2D eigenvalue weighted by atomic mass is 14.3. The predicted molar refractivity (Wildman–Crippen MR) is 108 cm³/mol. The quantitative estimate of drug-likeness (QED) is 0.473. The minimum atomic E-state index is 0.710. The Morgan fingerprint density at radius 2 is 1.04 bits per heavy atom. The molecular formula is C25H26. The van der Waals surface area contributed by atoms with E-state index in [4.69, 9.17) is 0 Å². The lowest BCUT2D eigenvalue weighted by atomic mass is 9.78. The van der Waals surface area contributed by atoms with E-state index in [0.29, 0.717) is 5.92 Å². The Morgan fingerprint density at radius 1 is 0.560 bits per heavy atom. The van der Waals surface area contributed by atoms with Gasteiger partial charge in [-0.1, -0.05) is 92.6 Å². The summed E-state index contributed by atoms with van der Waals surface area (Å²) in [6.45, 7) is 2.39. The molecule has 0 nitrogen and oxygen atoms in total. The van der Waals surface area contributed by atoms with Gasteiger partial charge in [-0.25, -0.2) is 0 Å². The van der Waals surface area contributed by atoms with Gasteiger partial charge in [-0.2, -0.15) is 0 Å². The first kappa shape index (κ1) is 16.1. The number of rotatable bonds is 3. The molecule has 0 N–H and O–H groups in total. The summed E-state index contributed by atoms with van der Waals surface area (Å²) in [5.74, 6) is 1.60. The minimum Gasteiger partial charge on any atom is -0.0625 e. The molecule has 0 aliphatic heterocycles. The monoisotopic (exact) mass is 326 g/mol. The normalized spacial score (nSPS) is 20.4. The van der Waals surface area contributed by atoms with Crippen LogP contribution in [-0.4, -0.2) is 0 Å². The Bertz CT molecular complexity index is 751. The molecule has 0 unspecified atom stereocenters. The summed E-state index contributed by atoms with van der Waals surface area (Å²) in [7, 11) is 0. The van der Waals surface area contributed by atoms with E-state index < -0.39 is 0 Å². The molecule has 25 heavy (non-hydrogen) atoms. The molecule has 0 radical (unpaired) electrons. The van der Waals surface area contributed by atoms with E-state index in [1.54, 1.807) is 0 Å². The molecule has 1 aliphatic carbocycles. The number of hydrogen-bond donors (Lipinski definition) is 0. The first-order valence-electron chi connectivity index (χ1n) is 9.55. The summed E-state index contributed by atoms with van der Waals surface area (Å²) in [4.78, 5) is 0. The van der Waals surface area contributed by atoms with Gasteiger partial charge in [-0.15, -0.1) is 0 Å². The lowest BCUT2D eigenvalue weighted by Gasteiger charge is -2.27. The summed E-state index contributed by atoms with van der Waals surface area (Å²) < 4.78 is 0. The molecule has 0 spiro atoms. The molecule has 4 rings (SSSR count). The highest BCUT2D eigenvalue weighted by Gasteiger charge is 2.20. The van der Waals surface area contributed by atoms with Gasteiger partial charge < -0.3 is 0 Å². The maximum Gasteiger partial charge on any atom is -0.0161 e. The Morgan fingerprint density at radius 3 is 1.52 bits per heavy atom. The standard InChI is InChI=1S/C25H26/c1-19-12-14-22(15-13-19)25-17-23(20-8-4-2-5-9-20)16-24(18-25)21-10-6-3-7-11-21/h2-11,16-19,22H,12-15H2,1H3. The van der Waals surface area contributed by atoms with Gasteiger partial charge in [0.15, 0.2) is 0 Å². The molecule has 0 saturated heterocycles. The molecule has 1 saturated carbocycles. The third-order valence-electron chi connectivity index (χ3n) is 5.66. The highest BCUT2D eigenvalue weighted by molar-refractivity contribution is 5.74. The van der Waals surface area contributed by atoms with E-state index in [1.807, 2.05) is 0 Å². The zero-order chi connectivity index (χ0) is 17.1. The van der Waals surface area contributed by atoms with Crippen molar-refractivity contribution in [2.24, 2.45) is 5.92 Å². The van der Waals surface area contributed by atoms with Gasteiger partial charge in [-0.3, -0.25) is 0 Å². The van der Waals surface area contributed by atoms with Gasteiger partial charge in [0.05, 0.1) is 0 Å². The van der Waals surface area contributed by atoms with Crippen molar-refractivity contribution in [1.82, 2.24) is 0 Å². The molecule has 0 heterocycles. The second-order valence-corrected chi connectivity index (χ2v) is 7.53. The summed E-state index contributed by atoms with van der Waals surface area (Å²) in [5.41, 5.74) is 6.83. The van der Waals surface area contributed by atoms with Crippen LogP contribution >= 0.6 is 0 Å².